The molecule has 1 amide bonds. The van der Waals surface area contributed by atoms with Gasteiger partial charge >= 0.3 is 24.3 Å². The number of amides is 1. The molecule has 26 heavy (non-hydrogen) atoms. The zero-order valence-corrected chi connectivity index (χ0v) is 12.3. The van der Waals surface area contributed by atoms with Crippen LogP contribution >= 0.6 is 0 Å². The molecule has 1 atom stereocenters. The van der Waals surface area contributed by atoms with Gasteiger partial charge in [0, 0.05) is 13.1 Å². The summed E-state index contributed by atoms with van der Waals surface area (Å²) < 4.78 is 124. The molecule has 2 heterocycles. The van der Waals surface area contributed by atoms with Gasteiger partial charge in [0.15, 0.2) is 0 Å². The molecule has 1 fully saturated rings. The van der Waals surface area contributed by atoms with E-state index < -0.39 is 42.0 Å². The third-order valence-corrected chi connectivity index (χ3v) is 3.40. The highest BCUT2D eigenvalue weighted by Gasteiger charge is 2.81. The van der Waals surface area contributed by atoms with Gasteiger partial charge in [0.2, 0.25) is 11.8 Å². The minimum absolute atomic E-state index is 0.158. The molecule has 1 unspecified atom stereocenters. The van der Waals surface area contributed by atoms with E-state index in [9.17, 15) is 44.3 Å². The number of nitrogens with zero attached hydrogens (tertiary/aromatic N) is 2. The lowest BCUT2D eigenvalue weighted by Crippen LogP contribution is -2.59. The van der Waals surface area contributed by atoms with Crippen LogP contribution < -0.4 is 0 Å². The maximum absolute atomic E-state index is 13.2. The zero-order valence-electron chi connectivity index (χ0n) is 12.3. The number of halogens is 9. The van der Waals surface area contributed by atoms with Crippen LogP contribution in [0, 0.1) is 5.92 Å². The fourth-order valence-corrected chi connectivity index (χ4v) is 2.14. The van der Waals surface area contributed by atoms with Crippen LogP contribution in [0.4, 0.5) is 39.5 Å². The highest BCUT2D eigenvalue weighted by molar-refractivity contribution is 6.01. The van der Waals surface area contributed by atoms with E-state index in [1.807, 2.05) is 0 Å². The van der Waals surface area contributed by atoms with Crippen LogP contribution in [0.1, 0.15) is 0 Å². The summed E-state index contributed by atoms with van der Waals surface area (Å²) in [6.45, 7) is -1.00. The molecule has 0 bridgehead atoms. The van der Waals surface area contributed by atoms with Gasteiger partial charge in [-0.3, -0.25) is 4.79 Å². The Bertz CT molecular complexity index is 564. The van der Waals surface area contributed by atoms with E-state index >= 15 is 0 Å². The monoisotopic (exact) mass is 404 g/mol. The summed E-state index contributed by atoms with van der Waals surface area (Å²) >= 11 is 0. The van der Waals surface area contributed by atoms with Gasteiger partial charge in [0.1, 0.15) is 0 Å². The van der Waals surface area contributed by atoms with Gasteiger partial charge in [-0.15, -0.1) is 0 Å². The van der Waals surface area contributed by atoms with Crippen LogP contribution in [0.5, 0.6) is 0 Å². The Hall–Kier alpha value is -1.93. The fourth-order valence-electron chi connectivity index (χ4n) is 2.14. The Morgan fingerprint density at radius 3 is 1.88 bits per heavy atom. The van der Waals surface area contributed by atoms with Crippen molar-refractivity contribution in [1.29, 1.82) is 0 Å². The molecule has 0 radical (unpaired) electrons. The van der Waals surface area contributed by atoms with E-state index in [0.29, 0.717) is 4.90 Å². The van der Waals surface area contributed by atoms with Crippen LogP contribution in [0.25, 0.3) is 0 Å². The lowest BCUT2D eigenvalue weighted by Gasteiger charge is -2.32. The second-order valence-electron chi connectivity index (χ2n) is 5.15. The highest BCUT2D eigenvalue weighted by Crippen LogP contribution is 2.50. The number of alkyl halides is 9. The summed E-state index contributed by atoms with van der Waals surface area (Å²) in [6, 6.07) is 0. The number of ether oxygens (including phenoxy) is 2. The van der Waals surface area contributed by atoms with Gasteiger partial charge in [0.25, 0.3) is 5.90 Å². The Morgan fingerprint density at radius 2 is 1.50 bits per heavy atom. The molecule has 0 aromatic carbocycles. The molecule has 6 nitrogen and oxygen atoms in total. The Balaban J connectivity index is 2.35. The smallest absolute Gasteiger partial charge is 0.418 e. The number of hydrogen-bond donors (Lipinski definition) is 0. The molecule has 0 aliphatic carbocycles. The van der Waals surface area contributed by atoms with Crippen LogP contribution in [0.15, 0.2) is 5.16 Å². The van der Waals surface area contributed by atoms with Gasteiger partial charge in [-0.25, -0.2) is 0 Å². The van der Waals surface area contributed by atoms with Gasteiger partial charge in [-0.05, 0) is 5.16 Å². The third kappa shape index (κ3) is 3.48. The number of oxime groups is 1. The number of morpholine rings is 1. The van der Waals surface area contributed by atoms with E-state index in [0.717, 1.165) is 0 Å². The number of carbonyl (C=O) groups excluding carboxylic acids is 1. The molecule has 0 aromatic heterocycles. The normalized spacial score (nSPS) is 22.3. The number of carbonyl (C=O) groups is 1. The second kappa shape index (κ2) is 6.35. The summed E-state index contributed by atoms with van der Waals surface area (Å²) in [5.74, 6) is -12.9. The van der Waals surface area contributed by atoms with Crippen molar-refractivity contribution in [1.82, 2.24) is 4.90 Å². The van der Waals surface area contributed by atoms with Gasteiger partial charge in [0.05, 0.1) is 13.2 Å². The first kappa shape index (κ1) is 20.4. The molecule has 150 valence electrons. The molecular weight excluding hydrogens is 395 g/mol. The molecule has 15 heteroatoms. The Morgan fingerprint density at radius 1 is 1.00 bits per heavy atom. The standard InChI is InChI=1S/C11H9F9N2O4/c12-8(13,14)5(7(23)22-1-3-24-4-2-22)6-21-26-9(25-6,10(15,16)17)11(18,19)20/h5H,1-4H2. The van der Waals surface area contributed by atoms with Crippen LogP contribution in [-0.4, -0.2) is 67.3 Å². The minimum atomic E-state index is -6.31. The first-order valence-corrected chi connectivity index (χ1v) is 6.72. The van der Waals surface area contributed by atoms with Crippen molar-refractivity contribution < 1.29 is 58.6 Å². The first-order chi connectivity index (χ1) is 11.7. The molecule has 2 rings (SSSR count). The maximum Gasteiger partial charge on any atom is 0.480 e. The summed E-state index contributed by atoms with van der Waals surface area (Å²) in [4.78, 5) is 15.8. The Kier molecular flexibility index (Phi) is 4.98. The van der Waals surface area contributed by atoms with E-state index in [-0.39, 0.29) is 26.3 Å². The third-order valence-electron chi connectivity index (χ3n) is 3.40. The second-order valence-corrected chi connectivity index (χ2v) is 5.15. The van der Waals surface area contributed by atoms with E-state index in [2.05, 4.69) is 14.7 Å². The number of hydrogen-bond acceptors (Lipinski definition) is 5. The SMILES string of the molecule is O=C(C(C1=NOC(C(F)(F)F)(C(F)(F)F)O1)C(F)(F)F)N1CCOCC1. The van der Waals surface area contributed by atoms with Crippen molar-refractivity contribution in [2.24, 2.45) is 11.1 Å². The predicted molar refractivity (Wildman–Crippen MR) is 61.4 cm³/mol. The summed E-state index contributed by atoms with van der Waals surface area (Å²) in [6.07, 6.45) is -18.2. The molecule has 0 aromatic rings. The minimum Gasteiger partial charge on any atom is -0.418 e. The van der Waals surface area contributed by atoms with Crippen molar-refractivity contribution >= 4 is 11.8 Å². The lowest BCUT2D eigenvalue weighted by atomic mass is 10.1. The molecule has 2 aliphatic heterocycles. The fraction of sp³-hybridized carbons (Fsp3) is 0.818. The molecule has 0 N–H and O–H groups in total. The quantitative estimate of drug-likeness (QED) is 0.663. The van der Waals surface area contributed by atoms with Crippen molar-refractivity contribution in [3.8, 4) is 0 Å². The van der Waals surface area contributed by atoms with Crippen molar-refractivity contribution in [2.45, 2.75) is 24.3 Å². The van der Waals surface area contributed by atoms with E-state index in [4.69, 9.17) is 4.74 Å². The topological polar surface area (TPSA) is 60.4 Å². The Labute approximate surface area is 138 Å². The summed E-state index contributed by atoms with van der Waals surface area (Å²) in [5, 5.41) is 2.16. The van der Waals surface area contributed by atoms with Gasteiger partial charge < -0.3 is 19.2 Å². The van der Waals surface area contributed by atoms with E-state index in [1.165, 1.54) is 0 Å². The largest absolute Gasteiger partial charge is 0.480 e. The van der Waals surface area contributed by atoms with Crippen molar-refractivity contribution in [3.05, 3.63) is 0 Å². The van der Waals surface area contributed by atoms with Gasteiger partial charge in [-0.1, -0.05) is 0 Å². The summed E-state index contributed by atoms with van der Waals surface area (Å²) in [5.41, 5.74) is 0. The first-order valence-electron chi connectivity index (χ1n) is 6.72. The zero-order chi connectivity index (χ0) is 20.0. The van der Waals surface area contributed by atoms with Crippen LogP contribution in [-0.2, 0) is 19.1 Å². The molecule has 1 saturated heterocycles. The molecule has 0 spiro atoms. The van der Waals surface area contributed by atoms with Crippen LogP contribution in [0.2, 0.25) is 0 Å². The highest BCUT2D eigenvalue weighted by atomic mass is 19.4. The van der Waals surface area contributed by atoms with E-state index in [1.54, 1.807) is 0 Å². The predicted octanol–water partition coefficient (Wildman–Crippen LogP) is 2.20. The van der Waals surface area contributed by atoms with Gasteiger partial charge in [-0.2, -0.15) is 39.5 Å². The van der Waals surface area contributed by atoms with Crippen molar-refractivity contribution in [2.75, 3.05) is 26.3 Å². The molecular formula is C11H9F9N2O4. The average molecular weight is 404 g/mol. The average Bonchev–Trinajstić information content (AvgIpc) is 2.92. The van der Waals surface area contributed by atoms with Crippen molar-refractivity contribution in [3.63, 3.8) is 0 Å². The molecule has 2 aliphatic rings. The summed E-state index contributed by atoms with van der Waals surface area (Å²) in [7, 11) is 0. The maximum atomic E-state index is 13.2. The lowest BCUT2D eigenvalue weighted by molar-refractivity contribution is -0.440. The molecule has 0 saturated carbocycles. The van der Waals surface area contributed by atoms with Crippen LogP contribution in [0.3, 0.4) is 0 Å². The number of rotatable bonds is 2.